The molecular formula is C24H37N3O6S. The molecule has 3 fully saturated rings. The van der Waals surface area contributed by atoms with Crippen LogP contribution in [0, 0.1) is 6.92 Å². The molecule has 190 valence electrons. The minimum Gasteiger partial charge on any atom is -0.470 e. The maximum atomic E-state index is 12.7. The first-order valence-electron chi connectivity index (χ1n) is 12.4. The van der Waals surface area contributed by atoms with Gasteiger partial charge in [0.15, 0.2) is 6.29 Å². The molecule has 2 aliphatic heterocycles. The first kappa shape index (κ1) is 25.5. The second-order valence-corrected chi connectivity index (χ2v) is 11.6. The van der Waals surface area contributed by atoms with E-state index >= 15 is 0 Å². The zero-order chi connectivity index (χ0) is 24.0. The van der Waals surface area contributed by atoms with Crippen LogP contribution in [0.2, 0.25) is 0 Å². The molecule has 3 atom stereocenters. The highest BCUT2D eigenvalue weighted by Gasteiger charge is 2.35. The Bertz CT molecular complexity index is 913. The number of piperidine rings is 1. The van der Waals surface area contributed by atoms with Crippen molar-refractivity contribution in [2.45, 2.75) is 81.2 Å². The highest BCUT2D eigenvalue weighted by Crippen LogP contribution is 2.39. The molecule has 1 aliphatic carbocycles. The average Bonchev–Trinajstić information content (AvgIpc) is 3.39. The lowest BCUT2D eigenvalue weighted by Crippen LogP contribution is -2.57. The van der Waals surface area contributed by atoms with Gasteiger partial charge in [0.05, 0.1) is 19.3 Å². The third-order valence-electron chi connectivity index (χ3n) is 7.28. The number of nitrogens with zero attached hydrogens (tertiary/aromatic N) is 1. The number of sulfonamides is 1. The van der Waals surface area contributed by atoms with Crippen LogP contribution in [0.1, 0.15) is 62.0 Å². The minimum atomic E-state index is -3.40. The summed E-state index contributed by atoms with van der Waals surface area (Å²) in [4.78, 5) is 15.1. The monoisotopic (exact) mass is 495 g/mol. The van der Waals surface area contributed by atoms with E-state index in [0.29, 0.717) is 31.4 Å². The Morgan fingerprint density at radius 3 is 2.79 bits per heavy atom. The molecule has 3 aliphatic rings. The molecule has 10 heteroatoms. The molecule has 1 saturated carbocycles. The summed E-state index contributed by atoms with van der Waals surface area (Å²) in [5.74, 6) is 0.891. The van der Waals surface area contributed by atoms with E-state index in [-0.39, 0.29) is 31.4 Å². The van der Waals surface area contributed by atoms with E-state index in [0.717, 1.165) is 62.5 Å². The first-order chi connectivity index (χ1) is 16.5. The molecule has 0 aromatic carbocycles. The maximum Gasteiger partial charge on any atom is 0.217 e. The molecule has 2 saturated heterocycles. The van der Waals surface area contributed by atoms with E-state index < -0.39 is 15.3 Å². The molecular weight excluding hydrogens is 458 g/mol. The van der Waals surface area contributed by atoms with E-state index in [1.54, 1.807) is 6.20 Å². The molecule has 3 heterocycles. The Morgan fingerprint density at radius 2 is 2.06 bits per heavy atom. The van der Waals surface area contributed by atoms with Gasteiger partial charge < -0.3 is 19.5 Å². The van der Waals surface area contributed by atoms with Gasteiger partial charge in [-0.1, -0.05) is 0 Å². The van der Waals surface area contributed by atoms with Crippen LogP contribution in [0.25, 0.3) is 0 Å². The third kappa shape index (κ3) is 6.34. The van der Waals surface area contributed by atoms with Gasteiger partial charge in [0.2, 0.25) is 15.9 Å². The minimum absolute atomic E-state index is 0.00892. The van der Waals surface area contributed by atoms with Crippen molar-refractivity contribution in [2.24, 2.45) is 0 Å². The molecule has 0 unspecified atom stereocenters. The van der Waals surface area contributed by atoms with Crippen LogP contribution in [0.3, 0.4) is 0 Å². The average molecular weight is 496 g/mol. The topological polar surface area (TPSA) is 116 Å². The van der Waals surface area contributed by atoms with E-state index in [4.69, 9.17) is 14.2 Å². The van der Waals surface area contributed by atoms with E-state index in [1.807, 2.05) is 6.07 Å². The second-order valence-electron chi connectivity index (χ2n) is 9.59. The molecule has 34 heavy (non-hydrogen) atoms. The predicted octanol–water partition coefficient (Wildman–Crippen LogP) is 1.84. The Balaban J connectivity index is 1.29. The highest BCUT2D eigenvalue weighted by molar-refractivity contribution is 7.90. The number of hydrogen-bond donors (Lipinski definition) is 2. The molecule has 2 N–H and O–H groups in total. The fraction of sp³-hybridized carbons (Fsp3) is 0.750. The normalized spacial score (nSPS) is 30.2. The summed E-state index contributed by atoms with van der Waals surface area (Å²) in [6.07, 6.45) is 8.69. The van der Waals surface area contributed by atoms with Crippen LogP contribution in [0.5, 0.6) is 5.88 Å². The first-order valence-corrected chi connectivity index (χ1v) is 14.0. The quantitative estimate of drug-likeness (QED) is 0.473. The number of carbonyl (C=O) groups is 1. The number of aromatic nitrogens is 1. The summed E-state index contributed by atoms with van der Waals surface area (Å²) in [5, 5.41) is 3.00. The summed E-state index contributed by atoms with van der Waals surface area (Å²) in [6, 6.07) is 1.79. The van der Waals surface area contributed by atoms with Crippen molar-refractivity contribution in [3.63, 3.8) is 0 Å². The van der Waals surface area contributed by atoms with Crippen LogP contribution < -0.4 is 14.8 Å². The van der Waals surface area contributed by atoms with E-state index in [2.05, 4.69) is 21.9 Å². The van der Waals surface area contributed by atoms with Crippen LogP contribution in [-0.4, -0.2) is 76.1 Å². The summed E-state index contributed by atoms with van der Waals surface area (Å²) in [7, 11) is -3.40. The van der Waals surface area contributed by atoms with Gasteiger partial charge in [0, 0.05) is 30.5 Å². The van der Waals surface area contributed by atoms with Crippen LogP contribution in [0.4, 0.5) is 0 Å². The third-order valence-corrected chi connectivity index (χ3v) is 9.16. The second kappa shape index (κ2) is 11.9. The number of hydrogen-bond acceptors (Lipinski definition) is 8. The van der Waals surface area contributed by atoms with Gasteiger partial charge >= 0.3 is 0 Å². The largest absolute Gasteiger partial charge is 0.470 e. The maximum absolute atomic E-state index is 12.7. The van der Waals surface area contributed by atoms with Crippen molar-refractivity contribution in [2.75, 3.05) is 33.0 Å². The molecule has 1 aromatic rings. The van der Waals surface area contributed by atoms with Crippen molar-refractivity contribution in [3.05, 3.63) is 23.4 Å². The van der Waals surface area contributed by atoms with Gasteiger partial charge in [0.1, 0.15) is 11.9 Å². The SMILES string of the molecule is Cc1ccnc(OCC=O)c1[C@H]1CC[C@@H](OC[C@@H]2NCCC[C@@H]2NS(=O)(=O)[C@H]2CCOC2)CC1. The Kier molecular flexibility index (Phi) is 8.92. The standard InChI is InChI=1S/C24H37N3O6S/c1-17-8-11-26-24(32-14-12-28)23(17)18-4-6-19(7-5-18)33-16-22-21(3-2-10-25-22)27-34(29,30)20-9-13-31-15-20/h8,11-12,18-22,25,27H,2-7,9-10,13-16H2,1H3/t18-,19+,20-,21-,22-/m0/s1. The van der Waals surface area contributed by atoms with Gasteiger partial charge in [-0.2, -0.15) is 0 Å². The van der Waals surface area contributed by atoms with Gasteiger partial charge in [-0.15, -0.1) is 0 Å². The summed E-state index contributed by atoms with van der Waals surface area (Å²) in [5.41, 5.74) is 2.23. The molecule has 0 spiro atoms. The van der Waals surface area contributed by atoms with Crippen molar-refractivity contribution in [1.82, 2.24) is 15.0 Å². The Labute approximate surface area is 202 Å². The van der Waals surface area contributed by atoms with Crippen LogP contribution in [0.15, 0.2) is 12.3 Å². The van der Waals surface area contributed by atoms with Crippen LogP contribution in [-0.2, 0) is 24.3 Å². The van der Waals surface area contributed by atoms with Crippen molar-refractivity contribution in [1.29, 1.82) is 0 Å². The lowest BCUT2D eigenvalue weighted by atomic mass is 9.81. The highest BCUT2D eigenvalue weighted by atomic mass is 32.2. The zero-order valence-corrected chi connectivity index (χ0v) is 20.7. The molecule has 9 nitrogen and oxygen atoms in total. The number of aldehydes is 1. The summed E-state index contributed by atoms with van der Waals surface area (Å²) < 4.78 is 45.6. The van der Waals surface area contributed by atoms with Gasteiger partial charge in [0.25, 0.3) is 0 Å². The lowest BCUT2D eigenvalue weighted by molar-refractivity contribution is -0.109. The van der Waals surface area contributed by atoms with E-state index in [9.17, 15) is 13.2 Å². The van der Waals surface area contributed by atoms with E-state index in [1.165, 1.54) is 0 Å². The molecule has 0 bridgehead atoms. The molecule has 0 radical (unpaired) electrons. The van der Waals surface area contributed by atoms with Gasteiger partial charge in [-0.3, -0.25) is 4.79 Å². The lowest BCUT2D eigenvalue weighted by Gasteiger charge is -2.36. The zero-order valence-electron chi connectivity index (χ0n) is 19.9. The van der Waals surface area contributed by atoms with Gasteiger partial charge in [-0.05, 0) is 76.0 Å². The Hall–Kier alpha value is -1.59. The smallest absolute Gasteiger partial charge is 0.217 e. The van der Waals surface area contributed by atoms with Crippen molar-refractivity contribution < 1.29 is 27.4 Å². The summed E-state index contributed by atoms with van der Waals surface area (Å²) in [6.45, 7) is 4.21. The number of aryl methyl sites for hydroxylation is 1. The fourth-order valence-corrected chi connectivity index (χ4v) is 6.94. The number of carbonyl (C=O) groups excluding carboxylic acids is 1. The number of ether oxygens (including phenoxy) is 3. The predicted molar refractivity (Wildman–Crippen MR) is 128 cm³/mol. The molecule has 1 aromatic heterocycles. The molecule has 4 rings (SSSR count). The van der Waals surface area contributed by atoms with Crippen molar-refractivity contribution in [3.8, 4) is 5.88 Å². The fourth-order valence-electron chi connectivity index (χ4n) is 5.36. The van der Waals surface area contributed by atoms with Gasteiger partial charge in [-0.25, -0.2) is 18.1 Å². The summed E-state index contributed by atoms with van der Waals surface area (Å²) >= 11 is 0. The molecule has 0 amide bonds. The van der Waals surface area contributed by atoms with Crippen LogP contribution >= 0.6 is 0 Å². The number of pyridine rings is 1. The Morgan fingerprint density at radius 1 is 1.24 bits per heavy atom. The number of rotatable bonds is 10. The van der Waals surface area contributed by atoms with Crippen molar-refractivity contribution >= 4 is 16.3 Å². The number of nitrogens with one attached hydrogen (secondary N) is 2.